The van der Waals surface area contributed by atoms with E-state index >= 15 is 0 Å². The number of amides is 2. The lowest BCUT2D eigenvalue weighted by Crippen LogP contribution is -2.34. The maximum absolute atomic E-state index is 13.5. The fourth-order valence-electron chi connectivity index (χ4n) is 7.71. The Kier molecular flexibility index (Phi) is 14.1. The Morgan fingerprint density at radius 3 is 1.19 bits per heavy atom. The van der Waals surface area contributed by atoms with E-state index in [1.165, 1.54) is 4.90 Å². The maximum atomic E-state index is 13.5. The predicted octanol–water partition coefficient (Wildman–Crippen LogP) is 14.0. The molecule has 0 N–H and O–H groups in total. The molecule has 0 saturated heterocycles. The first-order chi connectivity index (χ1) is 29.4. The van der Waals surface area contributed by atoms with E-state index in [9.17, 15) is 9.59 Å². The van der Waals surface area contributed by atoms with Crippen molar-refractivity contribution in [1.29, 1.82) is 0 Å². The number of imide groups is 1. The van der Waals surface area contributed by atoms with Crippen LogP contribution in [0.1, 0.15) is 139 Å². The summed E-state index contributed by atoms with van der Waals surface area (Å²) >= 11 is 3.65. The van der Waals surface area contributed by atoms with Gasteiger partial charge in [0.1, 0.15) is 23.0 Å². The molecule has 0 atom stereocenters. The fraction of sp³-hybridized carbons (Fsp3) is 0.407. The normalized spacial score (nSPS) is 13.6. The highest BCUT2D eigenvalue weighted by atomic mass is 32.2. The second-order valence-corrected chi connectivity index (χ2v) is 24.1. The van der Waals surface area contributed by atoms with Crippen LogP contribution in [0.3, 0.4) is 0 Å². The molecule has 63 heavy (non-hydrogen) atoms. The topological polar surface area (TPSA) is 74.3 Å². The van der Waals surface area contributed by atoms with E-state index in [2.05, 4.69) is 114 Å². The summed E-state index contributed by atoms with van der Waals surface area (Å²) in [6.45, 7) is 29.3. The molecule has 1 aliphatic heterocycles. The van der Waals surface area contributed by atoms with Gasteiger partial charge in [0.15, 0.2) is 0 Å². The van der Waals surface area contributed by atoms with Gasteiger partial charge in [0, 0.05) is 38.6 Å². The predicted molar refractivity (Wildman–Crippen MR) is 259 cm³/mol. The lowest BCUT2D eigenvalue weighted by molar-refractivity contribution is 0.0644. The van der Waals surface area contributed by atoms with E-state index in [-0.39, 0.29) is 52.3 Å². The molecule has 0 radical (unpaired) electrons. The molecule has 0 aromatic heterocycles. The molecule has 2 amide bonds. The molecule has 1 heterocycles. The number of nitrogens with zero attached hydrogens (tertiary/aromatic N) is 1. The van der Waals surface area contributed by atoms with Crippen molar-refractivity contribution in [2.45, 2.75) is 132 Å². The van der Waals surface area contributed by atoms with Crippen molar-refractivity contribution in [2.24, 2.45) is 0 Å². The number of hydrogen-bond donors (Lipinski definition) is 0. The minimum atomic E-state index is -0.519. The molecule has 0 saturated carbocycles. The molecule has 9 heteroatoms. The molecular weight excluding hydrogens is 823 g/mol. The first-order valence-electron chi connectivity index (χ1n) is 21.8. The average Bonchev–Trinajstić information content (AvgIpc) is 3.44. The third-order valence-corrected chi connectivity index (χ3v) is 13.6. The molecule has 0 bridgehead atoms. The SMILES string of the molecule is CC(C)(Sc1cc(C(C)(C)C)c(OCOc2ccccc2)c(C(C)(C)C)c1)Sc1cc(C(C)(C)C)c(OCOc2ccccc2)c(C(C)(C)CCN2C(=O)c3ccccc3C2=O)c1. The number of hydrogen-bond acceptors (Lipinski definition) is 8. The summed E-state index contributed by atoms with van der Waals surface area (Å²) in [7, 11) is 0. The van der Waals surface area contributed by atoms with Gasteiger partial charge in [-0.05, 0) is 103 Å². The lowest BCUT2D eigenvalue weighted by Gasteiger charge is -2.34. The summed E-state index contributed by atoms with van der Waals surface area (Å²) < 4.78 is 25.0. The highest BCUT2D eigenvalue weighted by molar-refractivity contribution is 8.18. The van der Waals surface area contributed by atoms with Crippen LogP contribution in [-0.4, -0.2) is 40.9 Å². The Bertz CT molecular complexity index is 2340. The van der Waals surface area contributed by atoms with Crippen LogP contribution in [0.5, 0.6) is 23.0 Å². The van der Waals surface area contributed by atoms with Gasteiger partial charge in [0.05, 0.1) is 15.2 Å². The standard InChI is InChI=1S/C54H65NO6S2/c1-50(2,3)42-30-38(31-43(51(4,5)6)46(42)60-34-58-36-22-16-14-17-23-36)62-54(12,13)63-39-32-44(52(7,8)9)47(61-35-59-37-24-18-15-19-25-37)45(33-39)53(10,11)28-29-55-48(56)40-26-20-21-27-41(40)49(55)57/h14-27,30-33H,28-29,34-35H2,1-13H3. The highest BCUT2D eigenvalue weighted by Crippen LogP contribution is 2.52. The van der Waals surface area contributed by atoms with E-state index in [1.54, 1.807) is 24.3 Å². The maximum Gasteiger partial charge on any atom is 0.261 e. The minimum Gasteiger partial charge on any atom is -0.458 e. The molecule has 0 unspecified atom stereocenters. The summed E-state index contributed by atoms with van der Waals surface area (Å²) in [6.07, 6.45) is 0.528. The second kappa shape index (κ2) is 18.7. The quantitative estimate of drug-likeness (QED) is 0.0551. The Morgan fingerprint density at radius 2 is 0.810 bits per heavy atom. The van der Waals surface area contributed by atoms with E-state index < -0.39 is 5.41 Å². The Balaban J connectivity index is 1.34. The fourth-order valence-corrected chi connectivity index (χ4v) is 10.3. The summed E-state index contributed by atoms with van der Waals surface area (Å²) in [6, 6.07) is 35.6. The van der Waals surface area contributed by atoms with E-state index in [1.807, 2.05) is 84.2 Å². The van der Waals surface area contributed by atoms with Crippen molar-refractivity contribution in [3.63, 3.8) is 0 Å². The summed E-state index contributed by atoms with van der Waals surface area (Å²) in [5.74, 6) is 2.62. The van der Waals surface area contributed by atoms with Crippen molar-refractivity contribution in [1.82, 2.24) is 4.90 Å². The third-order valence-electron chi connectivity index (χ3n) is 11.2. The first kappa shape index (κ1) is 47.6. The first-order valence-corrected chi connectivity index (χ1v) is 23.4. The van der Waals surface area contributed by atoms with Crippen molar-refractivity contribution >= 4 is 35.3 Å². The van der Waals surface area contributed by atoms with Crippen molar-refractivity contribution in [3.05, 3.63) is 143 Å². The van der Waals surface area contributed by atoms with Gasteiger partial charge in [-0.3, -0.25) is 14.5 Å². The number of thioether (sulfide) groups is 2. The summed E-state index contributed by atoms with van der Waals surface area (Å²) in [4.78, 5) is 30.6. The van der Waals surface area contributed by atoms with Crippen LogP contribution in [0.15, 0.2) is 119 Å². The zero-order chi connectivity index (χ0) is 46.0. The van der Waals surface area contributed by atoms with Crippen LogP contribution in [0.25, 0.3) is 0 Å². The van der Waals surface area contributed by atoms with Crippen molar-refractivity contribution < 1.29 is 28.5 Å². The monoisotopic (exact) mass is 887 g/mol. The van der Waals surface area contributed by atoms with Gasteiger partial charge < -0.3 is 18.9 Å². The number of rotatable bonds is 16. The number of carbonyl (C=O) groups is 2. The van der Waals surface area contributed by atoms with Crippen LogP contribution < -0.4 is 18.9 Å². The Morgan fingerprint density at radius 1 is 0.460 bits per heavy atom. The zero-order valence-electron chi connectivity index (χ0n) is 39.4. The molecule has 6 rings (SSSR count). The molecule has 5 aromatic rings. The van der Waals surface area contributed by atoms with Gasteiger partial charge >= 0.3 is 0 Å². The van der Waals surface area contributed by atoms with Crippen molar-refractivity contribution in [3.8, 4) is 23.0 Å². The molecule has 0 aliphatic carbocycles. The van der Waals surface area contributed by atoms with E-state index in [0.717, 1.165) is 55.0 Å². The molecule has 5 aromatic carbocycles. The smallest absolute Gasteiger partial charge is 0.261 e. The Hall–Kier alpha value is -4.86. The zero-order valence-corrected chi connectivity index (χ0v) is 41.1. The molecule has 7 nitrogen and oxygen atoms in total. The number of benzene rings is 5. The van der Waals surface area contributed by atoms with Crippen LogP contribution in [0.2, 0.25) is 0 Å². The third kappa shape index (κ3) is 11.6. The average molecular weight is 888 g/mol. The molecule has 0 spiro atoms. The Labute approximate surface area is 384 Å². The van der Waals surface area contributed by atoms with Crippen LogP contribution >= 0.6 is 23.5 Å². The van der Waals surface area contributed by atoms with Gasteiger partial charge in [0.2, 0.25) is 13.6 Å². The second-order valence-electron chi connectivity index (χ2n) is 20.4. The largest absolute Gasteiger partial charge is 0.458 e. The highest BCUT2D eigenvalue weighted by Gasteiger charge is 2.38. The van der Waals surface area contributed by atoms with Crippen LogP contribution in [-0.2, 0) is 21.7 Å². The summed E-state index contributed by atoms with van der Waals surface area (Å²) in [5, 5.41) is 0. The number of ether oxygens (including phenoxy) is 4. The molecule has 1 aliphatic rings. The van der Waals surface area contributed by atoms with Crippen LogP contribution in [0, 0.1) is 0 Å². The number of para-hydroxylation sites is 2. The minimum absolute atomic E-state index is 0.0206. The summed E-state index contributed by atoms with van der Waals surface area (Å²) in [5.41, 5.74) is 4.00. The van der Waals surface area contributed by atoms with E-state index in [0.29, 0.717) is 17.5 Å². The van der Waals surface area contributed by atoms with Gasteiger partial charge in [0.25, 0.3) is 11.8 Å². The van der Waals surface area contributed by atoms with Gasteiger partial charge in [-0.15, -0.1) is 23.5 Å². The van der Waals surface area contributed by atoms with E-state index in [4.69, 9.17) is 18.9 Å². The molecule has 334 valence electrons. The number of fused-ring (bicyclic) bond motifs is 1. The van der Waals surface area contributed by atoms with Gasteiger partial charge in [-0.2, -0.15) is 0 Å². The van der Waals surface area contributed by atoms with Crippen LogP contribution in [0.4, 0.5) is 0 Å². The van der Waals surface area contributed by atoms with Crippen molar-refractivity contribution in [2.75, 3.05) is 20.1 Å². The number of carbonyl (C=O) groups excluding carboxylic acids is 2. The lowest BCUT2D eigenvalue weighted by atomic mass is 9.76. The molecule has 0 fully saturated rings. The van der Waals surface area contributed by atoms with Gasteiger partial charge in [-0.25, -0.2) is 0 Å². The molecular formula is C54H65NO6S2. The van der Waals surface area contributed by atoms with Gasteiger partial charge in [-0.1, -0.05) is 125 Å².